The lowest BCUT2D eigenvalue weighted by molar-refractivity contribution is 0.269. The summed E-state index contributed by atoms with van der Waals surface area (Å²) in [5.74, 6) is 1.28. The number of hydrogen-bond acceptors (Lipinski definition) is 8. The van der Waals surface area contributed by atoms with E-state index in [1.807, 2.05) is 37.3 Å². The molecule has 5 aromatic rings. The molecule has 5 rings (SSSR count). The fraction of sp³-hybridized carbons (Fsp3) is 0.174. The first-order valence-corrected chi connectivity index (χ1v) is 10.7. The summed E-state index contributed by atoms with van der Waals surface area (Å²) >= 11 is 0. The van der Waals surface area contributed by atoms with Crippen molar-refractivity contribution < 1.29 is 5.11 Å². The number of aromatic nitrogens is 7. The van der Waals surface area contributed by atoms with Gasteiger partial charge in [-0.1, -0.05) is 18.2 Å². The van der Waals surface area contributed by atoms with Gasteiger partial charge in [0, 0.05) is 18.0 Å². The summed E-state index contributed by atoms with van der Waals surface area (Å²) in [6.07, 6.45) is 6.48. The lowest BCUT2D eigenvalue weighted by Gasteiger charge is -2.21. The SMILES string of the molecule is CC(Nc1ncnc(N)c1-c1cnn(CCO)c1)c1nc2cccn2c(=O)n1-c1ccccc1. The number of nitrogens with zero attached hydrogens (tertiary/aromatic N) is 7. The summed E-state index contributed by atoms with van der Waals surface area (Å²) in [7, 11) is 0. The van der Waals surface area contributed by atoms with Gasteiger partial charge in [-0.3, -0.25) is 9.08 Å². The Morgan fingerprint density at radius 1 is 1.15 bits per heavy atom. The fourth-order valence-corrected chi connectivity index (χ4v) is 3.89. The number of anilines is 2. The van der Waals surface area contributed by atoms with Gasteiger partial charge in [-0.25, -0.2) is 24.3 Å². The van der Waals surface area contributed by atoms with E-state index in [0.29, 0.717) is 40.6 Å². The average Bonchev–Trinajstić information content (AvgIpc) is 3.50. The number of hydrogen-bond donors (Lipinski definition) is 3. The molecule has 4 aromatic heterocycles. The van der Waals surface area contributed by atoms with Crippen molar-refractivity contribution in [3.05, 3.63) is 83.7 Å². The second-order valence-corrected chi connectivity index (χ2v) is 7.72. The first kappa shape index (κ1) is 21.3. The standard InChI is InChI=1S/C23H23N9O2/c1-15(28-21-19(20(24)25-14-26-21)16-12-27-30(13-16)10-11-33)22-29-18-8-5-9-31(18)23(34)32(22)17-6-3-2-4-7-17/h2-9,12-15,33H,10-11H2,1H3,(H3,24,25,26,28). The number of nitrogens with two attached hydrogens (primary N) is 1. The third-order valence-corrected chi connectivity index (χ3v) is 5.47. The Bertz CT molecular complexity index is 1500. The lowest BCUT2D eigenvalue weighted by atomic mass is 10.1. The van der Waals surface area contributed by atoms with Crippen LogP contribution < -0.4 is 16.7 Å². The molecule has 34 heavy (non-hydrogen) atoms. The molecule has 1 unspecified atom stereocenters. The molecule has 0 aliphatic rings. The van der Waals surface area contributed by atoms with Crippen LogP contribution in [0.1, 0.15) is 18.8 Å². The van der Waals surface area contributed by atoms with Crippen molar-refractivity contribution >= 4 is 17.3 Å². The smallest absolute Gasteiger partial charge is 0.339 e. The maximum Gasteiger partial charge on any atom is 0.339 e. The van der Waals surface area contributed by atoms with Crippen LogP contribution in [-0.2, 0) is 6.54 Å². The van der Waals surface area contributed by atoms with Crippen molar-refractivity contribution in [1.29, 1.82) is 0 Å². The number of aliphatic hydroxyl groups is 1. The average molecular weight is 457 g/mol. The molecule has 0 fully saturated rings. The minimum atomic E-state index is -0.423. The number of nitrogen functional groups attached to an aromatic ring is 1. The Kier molecular flexibility index (Phi) is 5.52. The summed E-state index contributed by atoms with van der Waals surface area (Å²) in [6, 6.07) is 12.5. The molecule has 0 bridgehead atoms. The molecule has 0 saturated carbocycles. The Hall–Kier alpha value is -4.51. The third kappa shape index (κ3) is 3.77. The minimum absolute atomic E-state index is 0.0328. The topological polar surface area (TPSA) is 141 Å². The first-order valence-electron chi connectivity index (χ1n) is 10.7. The summed E-state index contributed by atoms with van der Waals surface area (Å²) < 4.78 is 4.70. The number of aliphatic hydroxyl groups excluding tert-OH is 1. The zero-order chi connectivity index (χ0) is 23.7. The second-order valence-electron chi connectivity index (χ2n) is 7.72. The maximum atomic E-state index is 13.4. The summed E-state index contributed by atoms with van der Waals surface area (Å²) in [4.78, 5) is 26.7. The van der Waals surface area contributed by atoms with E-state index in [1.165, 1.54) is 10.7 Å². The van der Waals surface area contributed by atoms with Crippen molar-refractivity contribution in [2.24, 2.45) is 0 Å². The molecule has 0 saturated heterocycles. The molecule has 172 valence electrons. The van der Waals surface area contributed by atoms with Crippen LogP contribution >= 0.6 is 0 Å². The van der Waals surface area contributed by atoms with E-state index in [4.69, 9.17) is 10.7 Å². The molecular formula is C23H23N9O2. The van der Waals surface area contributed by atoms with Crippen LogP contribution in [0.2, 0.25) is 0 Å². The fourth-order valence-electron chi connectivity index (χ4n) is 3.89. The Labute approximate surface area is 194 Å². The summed E-state index contributed by atoms with van der Waals surface area (Å²) in [5.41, 5.74) is 8.52. The zero-order valence-corrected chi connectivity index (χ0v) is 18.4. The van der Waals surface area contributed by atoms with E-state index in [1.54, 1.807) is 40.0 Å². The number of benzene rings is 1. The first-order chi connectivity index (χ1) is 16.6. The minimum Gasteiger partial charge on any atom is -0.394 e. The Balaban J connectivity index is 1.60. The maximum absolute atomic E-state index is 13.4. The van der Waals surface area contributed by atoms with Gasteiger partial charge in [-0.15, -0.1) is 0 Å². The number of rotatable bonds is 7. The van der Waals surface area contributed by atoms with Crippen LogP contribution in [0, 0.1) is 0 Å². The van der Waals surface area contributed by atoms with Gasteiger partial charge in [-0.2, -0.15) is 5.10 Å². The van der Waals surface area contributed by atoms with Crippen LogP contribution in [-0.4, -0.2) is 45.4 Å². The molecule has 1 atom stereocenters. The van der Waals surface area contributed by atoms with Crippen molar-refractivity contribution in [2.75, 3.05) is 17.7 Å². The predicted molar refractivity (Wildman–Crippen MR) is 128 cm³/mol. The van der Waals surface area contributed by atoms with Crippen LogP contribution in [0.25, 0.3) is 22.5 Å². The van der Waals surface area contributed by atoms with E-state index in [0.717, 1.165) is 0 Å². The van der Waals surface area contributed by atoms with Crippen molar-refractivity contribution in [3.8, 4) is 16.8 Å². The van der Waals surface area contributed by atoms with E-state index < -0.39 is 6.04 Å². The number of para-hydroxylation sites is 1. The van der Waals surface area contributed by atoms with Gasteiger partial charge in [0.25, 0.3) is 0 Å². The van der Waals surface area contributed by atoms with Gasteiger partial charge < -0.3 is 16.2 Å². The molecule has 0 amide bonds. The molecule has 0 spiro atoms. The highest BCUT2D eigenvalue weighted by molar-refractivity contribution is 5.82. The lowest BCUT2D eigenvalue weighted by Crippen LogP contribution is -2.31. The van der Waals surface area contributed by atoms with Crippen LogP contribution in [0.3, 0.4) is 0 Å². The largest absolute Gasteiger partial charge is 0.394 e. The van der Waals surface area contributed by atoms with E-state index in [-0.39, 0.29) is 18.1 Å². The van der Waals surface area contributed by atoms with E-state index in [9.17, 15) is 9.90 Å². The molecule has 0 radical (unpaired) electrons. The molecule has 4 heterocycles. The van der Waals surface area contributed by atoms with Gasteiger partial charge in [0.2, 0.25) is 0 Å². The highest BCUT2D eigenvalue weighted by Gasteiger charge is 2.21. The molecule has 0 aliphatic carbocycles. The highest BCUT2D eigenvalue weighted by atomic mass is 16.3. The van der Waals surface area contributed by atoms with Crippen molar-refractivity contribution in [2.45, 2.75) is 19.5 Å². The number of nitrogens with one attached hydrogen (secondary N) is 1. The van der Waals surface area contributed by atoms with Gasteiger partial charge in [-0.05, 0) is 31.2 Å². The third-order valence-electron chi connectivity index (χ3n) is 5.47. The van der Waals surface area contributed by atoms with Crippen LogP contribution in [0.4, 0.5) is 11.6 Å². The molecule has 0 aliphatic heterocycles. The van der Waals surface area contributed by atoms with E-state index in [2.05, 4.69) is 20.4 Å². The molecular weight excluding hydrogens is 434 g/mol. The van der Waals surface area contributed by atoms with Crippen molar-refractivity contribution in [1.82, 2.24) is 33.7 Å². The molecule has 11 nitrogen and oxygen atoms in total. The highest BCUT2D eigenvalue weighted by Crippen LogP contribution is 2.32. The quantitative estimate of drug-likeness (QED) is 0.336. The monoisotopic (exact) mass is 457 g/mol. The zero-order valence-electron chi connectivity index (χ0n) is 18.4. The second kappa shape index (κ2) is 8.79. The van der Waals surface area contributed by atoms with Crippen molar-refractivity contribution in [3.63, 3.8) is 0 Å². The molecule has 4 N–H and O–H groups in total. The van der Waals surface area contributed by atoms with Gasteiger partial charge >= 0.3 is 5.69 Å². The van der Waals surface area contributed by atoms with Crippen LogP contribution in [0.15, 0.2) is 72.2 Å². The summed E-state index contributed by atoms with van der Waals surface area (Å²) in [6.45, 7) is 2.23. The molecule has 11 heteroatoms. The predicted octanol–water partition coefficient (Wildman–Crippen LogP) is 1.89. The van der Waals surface area contributed by atoms with E-state index >= 15 is 0 Å². The van der Waals surface area contributed by atoms with Crippen LogP contribution in [0.5, 0.6) is 0 Å². The number of fused-ring (bicyclic) bond motifs is 1. The Morgan fingerprint density at radius 3 is 2.76 bits per heavy atom. The molecule has 1 aromatic carbocycles. The van der Waals surface area contributed by atoms with Gasteiger partial charge in [0.15, 0.2) is 0 Å². The van der Waals surface area contributed by atoms with Gasteiger partial charge in [0.05, 0.1) is 36.6 Å². The summed E-state index contributed by atoms with van der Waals surface area (Å²) in [5, 5.41) is 16.8. The Morgan fingerprint density at radius 2 is 1.97 bits per heavy atom. The normalized spacial score (nSPS) is 12.2. The van der Waals surface area contributed by atoms with Gasteiger partial charge in [0.1, 0.15) is 29.4 Å².